The Balaban J connectivity index is 1.67. The monoisotopic (exact) mass is 288 g/mol. The number of aromatic amines is 1. The molecule has 1 aliphatic rings. The third-order valence-electron chi connectivity index (χ3n) is 3.10. The van der Waals surface area contributed by atoms with Crippen LogP contribution < -0.4 is 16.5 Å². The summed E-state index contributed by atoms with van der Waals surface area (Å²) in [6, 6.07) is 5.14. The first kappa shape index (κ1) is 13.1. The van der Waals surface area contributed by atoms with Crippen LogP contribution in [0.25, 0.3) is 11.1 Å². The summed E-state index contributed by atoms with van der Waals surface area (Å²) in [5.41, 5.74) is 4.43. The lowest BCUT2D eigenvalue weighted by Crippen LogP contribution is -2.36. The summed E-state index contributed by atoms with van der Waals surface area (Å²) in [4.78, 5) is 36.4. The smallest absolute Gasteiger partial charge is 0.408 e. The third kappa shape index (κ3) is 2.83. The van der Waals surface area contributed by atoms with Crippen molar-refractivity contribution < 1.29 is 14.0 Å². The van der Waals surface area contributed by atoms with E-state index in [9.17, 15) is 14.4 Å². The van der Waals surface area contributed by atoms with Gasteiger partial charge in [-0.3, -0.25) is 14.6 Å². The fraction of sp³-hybridized carbons (Fsp3) is 0.231. The summed E-state index contributed by atoms with van der Waals surface area (Å²) in [6.45, 7) is 0.287. The van der Waals surface area contributed by atoms with Crippen molar-refractivity contribution in [3.63, 3.8) is 0 Å². The maximum atomic E-state index is 11.9. The number of benzene rings is 1. The molecule has 8 heteroatoms. The molecule has 0 atom stereocenters. The summed E-state index contributed by atoms with van der Waals surface area (Å²) >= 11 is 0. The molecule has 2 amide bonds. The highest BCUT2D eigenvalue weighted by Crippen LogP contribution is 2.12. The molecule has 0 spiro atoms. The number of rotatable bonds is 3. The van der Waals surface area contributed by atoms with Crippen molar-refractivity contribution in [2.24, 2.45) is 5.10 Å². The number of carbonyl (C=O) groups excluding carboxylic acids is 2. The van der Waals surface area contributed by atoms with Gasteiger partial charge in [0, 0.05) is 19.4 Å². The molecule has 0 unspecified atom stereocenters. The van der Waals surface area contributed by atoms with E-state index in [1.807, 2.05) is 0 Å². The van der Waals surface area contributed by atoms with Gasteiger partial charge in [0.15, 0.2) is 5.58 Å². The van der Waals surface area contributed by atoms with Gasteiger partial charge in [-0.05, 0) is 17.7 Å². The number of nitrogens with one attached hydrogen (secondary N) is 3. The third-order valence-corrected chi connectivity index (χ3v) is 3.10. The van der Waals surface area contributed by atoms with Gasteiger partial charge in [0.2, 0.25) is 5.91 Å². The molecule has 0 fully saturated rings. The van der Waals surface area contributed by atoms with Gasteiger partial charge in [-0.2, -0.15) is 5.10 Å². The van der Waals surface area contributed by atoms with E-state index in [-0.39, 0.29) is 24.8 Å². The molecule has 2 aromatic rings. The standard InChI is InChI=1S/C13H12N4O4/c18-11-4-2-8(16-17-11)12(19)14-6-7-1-3-10-9(5-7)15-13(20)21-10/h1,3,5H,2,4,6H2,(H,14,19)(H,15,20)(H,17,18). The first-order valence-electron chi connectivity index (χ1n) is 6.37. The highest BCUT2D eigenvalue weighted by atomic mass is 16.4. The van der Waals surface area contributed by atoms with Gasteiger partial charge >= 0.3 is 5.76 Å². The molecule has 2 heterocycles. The Morgan fingerprint density at radius 2 is 2.19 bits per heavy atom. The minimum absolute atomic E-state index is 0.194. The van der Waals surface area contributed by atoms with Crippen LogP contribution in [0.2, 0.25) is 0 Å². The van der Waals surface area contributed by atoms with Crippen LogP contribution in [-0.2, 0) is 16.1 Å². The Morgan fingerprint density at radius 3 is 2.95 bits per heavy atom. The Hall–Kier alpha value is -2.90. The maximum Gasteiger partial charge on any atom is 0.417 e. The average Bonchev–Trinajstić information content (AvgIpc) is 2.84. The lowest BCUT2D eigenvalue weighted by molar-refractivity contribution is -0.121. The Labute approximate surface area is 118 Å². The van der Waals surface area contributed by atoms with Gasteiger partial charge in [-0.25, -0.2) is 10.2 Å². The minimum atomic E-state index is -0.515. The maximum absolute atomic E-state index is 11.9. The van der Waals surface area contributed by atoms with E-state index in [1.54, 1.807) is 18.2 Å². The van der Waals surface area contributed by atoms with E-state index in [0.717, 1.165) is 5.56 Å². The molecule has 0 radical (unpaired) electrons. The minimum Gasteiger partial charge on any atom is -0.408 e. The number of nitrogens with zero attached hydrogens (tertiary/aromatic N) is 1. The molecule has 21 heavy (non-hydrogen) atoms. The second kappa shape index (κ2) is 5.23. The van der Waals surface area contributed by atoms with Crippen LogP contribution in [0.3, 0.4) is 0 Å². The fourth-order valence-electron chi connectivity index (χ4n) is 2.03. The zero-order chi connectivity index (χ0) is 14.8. The van der Waals surface area contributed by atoms with Crippen molar-refractivity contribution in [1.82, 2.24) is 15.7 Å². The number of hydrogen-bond acceptors (Lipinski definition) is 5. The molecular formula is C13H12N4O4. The van der Waals surface area contributed by atoms with Crippen LogP contribution in [0.5, 0.6) is 0 Å². The van der Waals surface area contributed by atoms with Crippen LogP contribution in [-0.4, -0.2) is 22.5 Å². The molecule has 3 rings (SSSR count). The van der Waals surface area contributed by atoms with Crippen LogP contribution in [0.4, 0.5) is 0 Å². The number of oxazole rings is 1. The normalized spacial score (nSPS) is 14.7. The average molecular weight is 288 g/mol. The number of H-pyrrole nitrogens is 1. The first-order valence-corrected chi connectivity index (χ1v) is 6.37. The second-order valence-corrected chi connectivity index (χ2v) is 4.62. The summed E-state index contributed by atoms with van der Waals surface area (Å²) in [5.74, 6) is -1.03. The van der Waals surface area contributed by atoms with E-state index < -0.39 is 5.76 Å². The number of aromatic nitrogens is 1. The van der Waals surface area contributed by atoms with Gasteiger partial charge < -0.3 is 9.73 Å². The predicted molar refractivity (Wildman–Crippen MR) is 73.5 cm³/mol. The van der Waals surface area contributed by atoms with Crippen molar-refractivity contribution in [3.8, 4) is 0 Å². The largest absolute Gasteiger partial charge is 0.417 e. The molecule has 0 bridgehead atoms. The molecule has 0 saturated carbocycles. The zero-order valence-corrected chi connectivity index (χ0v) is 10.9. The topological polar surface area (TPSA) is 117 Å². The summed E-state index contributed by atoms with van der Waals surface area (Å²) in [6.07, 6.45) is 0.584. The molecule has 0 aliphatic carbocycles. The van der Waals surface area contributed by atoms with Gasteiger partial charge in [0.1, 0.15) is 5.71 Å². The van der Waals surface area contributed by atoms with Crippen LogP contribution in [0.1, 0.15) is 18.4 Å². The van der Waals surface area contributed by atoms with E-state index in [4.69, 9.17) is 4.42 Å². The summed E-state index contributed by atoms with van der Waals surface area (Å²) < 4.78 is 4.90. The SMILES string of the molecule is O=C1CCC(C(=O)NCc2ccc3oc(=O)[nH]c3c2)=NN1. The lowest BCUT2D eigenvalue weighted by Gasteiger charge is -2.11. The quantitative estimate of drug-likeness (QED) is 0.737. The zero-order valence-electron chi connectivity index (χ0n) is 10.9. The van der Waals surface area contributed by atoms with Gasteiger partial charge in [-0.1, -0.05) is 6.07 Å². The van der Waals surface area contributed by atoms with Crippen LogP contribution in [0.15, 0.2) is 32.5 Å². The number of carbonyl (C=O) groups is 2. The summed E-state index contributed by atoms with van der Waals surface area (Å²) in [5, 5.41) is 6.43. The van der Waals surface area contributed by atoms with Crippen molar-refractivity contribution >= 4 is 28.6 Å². The molecular weight excluding hydrogens is 276 g/mol. The summed E-state index contributed by atoms with van der Waals surface area (Å²) in [7, 11) is 0. The molecule has 1 aromatic heterocycles. The molecule has 108 valence electrons. The molecule has 3 N–H and O–H groups in total. The molecule has 8 nitrogen and oxygen atoms in total. The number of amides is 2. The van der Waals surface area contributed by atoms with Gasteiger partial charge in [-0.15, -0.1) is 0 Å². The van der Waals surface area contributed by atoms with E-state index in [1.165, 1.54) is 0 Å². The van der Waals surface area contributed by atoms with Gasteiger partial charge in [0.25, 0.3) is 5.91 Å². The van der Waals surface area contributed by atoms with E-state index in [2.05, 4.69) is 20.8 Å². The Bertz CT molecular complexity index is 802. The fourth-order valence-corrected chi connectivity index (χ4v) is 2.03. The Morgan fingerprint density at radius 1 is 1.33 bits per heavy atom. The number of hydrazone groups is 1. The number of hydrogen-bond donors (Lipinski definition) is 3. The lowest BCUT2D eigenvalue weighted by atomic mass is 10.1. The van der Waals surface area contributed by atoms with Crippen molar-refractivity contribution in [2.75, 3.05) is 0 Å². The van der Waals surface area contributed by atoms with Gasteiger partial charge in [0.05, 0.1) is 5.52 Å². The second-order valence-electron chi connectivity index (χ2n) is 4.62. The van der Waals surface area contributed by atoms with Crippen molar-refractivity contribution in [1.29, 1.82) is 0 Å². The van der Waals surface area contributed by atoms with Crippen molar-refractivity contribution in [3.05, 3.63) is 34.3 Å². The molecule has 1 aromatic carbocycles. The molecule has 0 saturated heterocycles. The highest BCUT2D eigenvalue weighted by Gasteiger charge is 2.17. The Kier molecular flexibility index (Phi) is 3.27. The van der Waals surface area contributed by atoms with E-state index in [0.29, 0.717) is 23.2 Å². The number of fused-ring (bicyclic) bond motifs is 1. The van der Waals surface area contributed by atoms with E-state index >= 15 is 0 Å². The molecule has 1 aliphatic heterocycles. The highest BCUT2D eigenvalue weighted by molar-refractivity contribution is 6.39. The van der Waals surface area contributed by atoms with Crippen molar-refractivity contribution in [2.45, 2.75) is 19.4 Å². The van der Waals surface area contributed by atoms with Crippen LogP contribution >= 0.6 is 0 Å². The first-order chi connectivity index (χ1) is 10.1. The van der Waals surface area contributed by atoms with Crippen LogP contribution in [0, 0.1) is 0 Å². The predicted octanol–water partition coefficient (Wildman–Crippen LogP) is 0.00330.